The average Bonchev–Trinajstić information content (AvgIpc) is 2.68. The molecule has 0 aromatic carbocycles. The molecule has 27 heavy (non-hydrogen) atoms. The van der Waals surface area contributed by atoms with E-state index < -0.39 is 0 Å². The van der Waals surface area contributed by atoms with E-state index in [1.165, 1.54) is 141 Å². The van der Waals surface area contributed by atoms with E-state index >= 15 is 0 Å². The molecule has 0 saturated carbocycles. The van der Waals surface area contributed by atoms with Crippen molar-refractivity contribution in [2.75, 3.05) is 0 Å². The largest absolute Gasteiger partial charge is 0.425 e. The summed E-state index contributed by atoms with van der Waals surface area (Å²) in [6.45, 7) is 4.51. The molecule has 0 bridgehead atoms. The zero-order valence-electron chi connectivity index (χ0n) is 19.5. The van der Waals surface area contributed by atoms with Crippen LogP contribution >= 0.6 is 0 Å². The van der Waals surface area contributed by atoms with E-state index in [1.807, 2.05) is 0 Å². The van der Waals surface area contributed by atoms with Crippen molar-refractivity contribution in [2.45, 2.75) is 161 Å². The van der Waals surface area contributed by atoms with Crippen molar-refractivity contribution in [3.05, 3.63) is 0 Å². The molecule has 0 saturated heterocycles. The number of unbranched alkanes of at least 4 members (excludes halogenated alkanes) is 20. The maximum atomic E-state index is 5.43. The van der Waals surface area contributed by atoms with E-state index in [1.54, 1.807) is 0 Å². The Morgan fingerprint density at radius 1 is 0.481 bits per heavy atom. The Morgan fingerprint density at radius 2 is 0.741 bits per heavy atom. The second-order valence-electron chi connectivity index (χ2n) is 8.91. The summed E-state index contributed by atoms with van der Waals surface area (Å²) in [5.41, 5.74) is 0. The highest BCUT2D eigenvalue weighted by Crippen LogP contribution is 2.15. The molecular formula is C25H54OSi. The lowest BCUT2D eigenvalue weighted by Gasteiger charge is -2.09. The van der Waals surface area contributed by atoms with Gasteiger partial charge in [-0.1, -0.05) is 142 Å². The monoisotopic (exact) mass is 398 g/mol. The first kappa shape index (κ1) is 27.2. The van der Waals surface area contributed by atoms with E-state index in [4.69, 9.17) is 4.43 Å². The molecule has 1 nitrogen and oxygen atoms in total. The molecule has 0 amide bonds. The molecule has 0 N–H and O–H groups in total. The first-order chi connectivity index (χ1) is 13.3. The molecular weight excluding hydrogens is 344 g/mol. The van der Waals surface area contributed by atoms with Gasteiger partial charge in [0.1, 0.15) is 10.5 Å². The van der Waals surface area contributed by atoms with Crippen LogP contribution in [0.2, 0.25) is 0 Å². The summed E-state index contributed by atoms with van der Waals surface area (Å²) in [7, 11) is 0.894. The van der Waals surface area contributed by atoms with Gasteiger partial charge in [-0.25, -0.2) is 0 Å². The highest BCUT2D eigenvalue weighted by atomic mass is 28.2. The van der Waals surface area contributed by atoms with Crippen molar-refractivity contribution < 1.29 is 4.43 Å². The third kappa shape index (κ3) is 24.1. The van der Waals surface area contributed by atoms with E-state index in [9.17, 15) is 0 Å². The van der Waals surface area contributed by atoms with Gasteiger partial charge in [0.25, 0.3) is 0 Å². The molecule has 0 rings (SSSR count). The van der Waals surface area contributed by atoms with Crippen molar-refractivity contribution in [2.24, 2.45) is 0 Å². The van der Waals surface area contributed by atoms with E-state index in [2.05, 4.69) is 13.8 Å². The molecule has 0 aromatic rings. The first-order valence-corrected chi connectivity index (χ1v) is 13.7. The predicted octanol–water partition coefficient (Wildman–Crippen LogP) is 8.27. The van der Waals surface area contributed by atoms with E-state index in [-0.39, 0.29) is 0 Å². The minimum absolute atomic E-state index is 0.511. The van der Waals surface area contributed by atoms with Gasteiger partial charge in [0.2, 0.25) is 0 Å². The Hall–Kier alpha value is 0.177. The number of hydrogen-bond acceptors (Lipinski definition) is 1. The fraction of sp³-hybridized carbons (Fsp3) is 1.00. The zero-order valence-corrected chi connectivity index (χ0v) is 21.5. The van der Waals surface area contributed by atoms with Crippen molar-refractivity contribution in [1.82, 2.24) is 0 Å². The average molecular weight is 399 g/mol. The van der Waals surface area contributed by atoms with Crippen LogP contribution in [-0.2, 0) is 4.43 Å². The standard InChI is InChI=1S/C25H54OSi/c1-3-4-5-6-7-8-9-10-11-12-13-14-15-16-17-18-19-20-21-22-23-24-25(2)26-27/h25H,3-24H2,1-2,27H3. The van der Waals surface area contributed by atoms with Crippen LogP contribution in [0.5, 0.6) is 0 Å². The second-order valence-corrected chi connectivity index (χ2v) is 9.38. The molecule has 0 radical (unpaired) electrons. The summed E-state index contributed by atoms with van der Waals surface area (Å²) < 4.78 is 5.43. The molecule has 0 aliphatic heterocycles. The first-order valence-electron chi connectivity index (χ1n) is 12.8. The van der Waals surface area contributed by atoms with Crippen molar-refractivity contribution in [3.8, 4) is 0 Å². The number of hydrogen-bond donors (Lipinski definition) is 0. The van der Waals surface area contributed by atoms with Crippen LogP contribution in [0, 0.1) is 0 Å². The molecule has 0 heterocycles. The zero-order chi connectivity index (χ0) is 19.8. The third-order valence-electron chi connectivity index (χ3n) is 6.12. The SMILES string of the molecule is CCCCCCCCCCCCCCCCCCCCCCCC(C)O[SiH3]. The Morgan fingerprint density at radius 3 is 1.00 bits per heavy atom. The van der Waals surface area contributed by atoms with Crippen molar-refractivity contribution in [3.63, 3.8) is 0 Å². The van der Waals surface area contributed by atoms with Crippen LogP contribution in [0.25, 0.3) is 0 Å². The molecule has 0 spiro atoms. The Bertz CT molecular complexity index is 257. The maximum Gasteiger partial charge on any atom is 0.146 e. The maximum absolute atomic E-state index is 5.43. The fourth-order valence-corrected chi connectivity index (χ4v) is 4.22. The van der Waals surface area contributed by atoms with Crippen molar-refractivity contribution >= 4 is 10.5 Å². The summed E-state index contributed by atoms with van der Waals surface area (Å²) in [5, 5.41) is 0. The third-order valence-corrected chi connectivity index (χ3v) is 6.92. The summed E-state index contributed by atoms with van der Waals surface area (Å²) in [6, 6.07) is 0. The smallest absolute Gasteiger partial charge is 0.146 e. The molecule has 2 heteroatoms. The van der Waals surface area contributed by atoms with Gasteiger partial charge >= 0.3 is 0 Å². The quantitative estimate of drug-likeness (QED) is 0.124. The Labute approximate surface area is 176 Å². The summed E-state index contributed by atoms with van der Waals surface area (Å²) in [5.74, 6) is 0. The summed E-state index contributed by atoms with van der Waals surface area (Å²) >= 11 is 0. The molecule has 164 valence electrons. The molecule has 0 aromatic heterocycles. The van der Waals surface area contributed by atoms with Crippen LogP contribution in [-0.4, -0.2) is 16.6 Å². The minimum atomic E-state index is 0.511. The van der Waals surface area contributed by atoms with Crippen LogP contribution in [0.15, 0.2) is 0 Å². The lowest BCUT2D eigenvalue weighted by molar-refractivity contribution is 0.226. The van der Waals surface area contributed by atoms with E-state index in [0.717, 1.165) is 10.5 Å². The summed E-state index contributed by atoms with van der Waals surface area (Å²) in [6.07, 6.45) is 32.4. The van der Waals surface area contributed by atoms with Crippen LogP contribution in [0.1, 0.15) is 155 Å². The normalized spacial score (nSPS) is 12.7. The van der Waals surface area contributed by atoms with Gasteiger partial charge in [-0.15, -0.1) is 0 Å². The van der Waals surface area contributed by atoms with Gasteiger partial charge in [0.15, 0.2) is 0 Å². The lowest BCUT2D eigenvalue weighted by Crippen LogP contribution is -2.04. The van der Waals surface area contributed by atoms with Gasteiger partial charge in [-0.3, -0.25) is 0 Å². The van der Waals surface area contributed by atoms with Gasteiger partial charge in [0, 0.05) is 6.10 Å². The van der Waals surface area contributed by atoms with Crippen molar-refractivity contribution in [1.29, 1.82) is 0 Å². The van der Waals surface area contributed by atoms with Gasteiger partial charge in [-0.2, -0.15) is 0 Å². The minimum Gasteiger partial charge on any atom is -0.425 e. The Balaban J connectivity index is 2.99. The van der Waals surface area contributed by atoms with Gasteiger partial charge < -0.3 is 4.43 Å². The second kappa shape index (κ2) is 24.2. The fourth-order valence-electron chi connectivity index (χ4n) is 3.98. The molecule has 0 aliphatic carbocycles. The van der Waals surface area contributed by atoms with Crippen LogP contribution in [0.4, 0.5) is 0 Å². The lowest BCUT2D eigenvalue weighted by atomic mass is 10.0. The molecule has 0 fully saturated rings. The van der Waals surface area contributed by atoms with Crippen LogP contribution in [0.3, 0.4) is 0 Å². The Kier molecular flexibility index (Phi) is 24.4. The highest BCUT2D eigenvalue weighted by Gasteiger charge is 1.98. The van der Waals surface area contributed by atoms with Crippen LogP contribution < -0.4 is 0 Å². The van der Waals surface area contributed by atoms with Gasteiger partial charge in [-0.05, 0) is 13.3 Å². The molecule has 1 unspecified atom stereocenters. The molecule has 0 aliphatic rings. The predicted molar refractivity (Wildman–Crippen MR) is 128 cm³/mol. The molecule has 1 atom stereocenters. The highest BCUT2D eigenvalue weighted by molar-refractivity contribution is 5.98. The van der Waals surface area contributed by atoms with E-state index in [0.29, 0.717) is 6.10 Å². The topological polar surface area (TPSA) is 9.23 Å². The summed E-state index contributed by atoms with van der Waals surface area (Å²) in [4.78, 5) is 0. The number of rotatable bonds is 23. The van der Waals surface area contributed by atoms with Gasteiger partial charge in [0.05, 0.1) is 0 Å².